The SMILES string of the molecule is CC/C=C\C/C=C\C/C=C\C/C=C\CCCCCCCCCCCCCCCCCCCCCCCCCCCCCCC(=O)OC(COC(=O)CCCCCCCCCCC/C=C\C/C=C\CCCCCCC)COC(OCC[N+](C)(C)C)C(=O)O. The Balaban J connectivity index is 3.95. The van der Waals surface area contributed by atoms with Crippen molar-refractivity contribution >= 4 is 17.9 Å². The number of nitrogens with zero attached hydrogens (tertiary/aromatic N) is 1. The third-order valence-electron chi connectivity index (χ3n) is 16.4. The van der Waals surface area contributed by atoms with Crippen LogP contribution in [0, 0.1) is 0 Å². The van der Waals surface area contributed by atoms with Gasteiger partial charge < -0.3 is 28.5 Å². The third kappa shape index (κ3) is 70.1. The maximum atomic E-state index is 13.0. The number of ether oxygens (including phenoxy) is 4. The first kappa shape index (κ1) is 83.7. The molecule has 0 aliphatic rings. The number of carboxylic acid groups (broad SMARTS) is 1. The first-order valence-corrected chi connectivity index (χ1v) is 37.1. The summed E-state index contributed by atoms with van der Waals surface area (Å²) in [6.07, 6.45) is 89.0. The molecule has 0 spiro atoms. The molecule has 0 aromatic heterocycles. The van der Waals surface area contributed by atoms with Crippen molar-refractivity contribution in [2.45, 2.75) is 360 Å². The Kier molecular flexibility index (Phi) is 66.1. The molecule has 0 aliphatic carbocycles. The van der Waals surface area contributed by atoms with Crippen LogP contribution < -0.4 is 0 Å². The van der Waals surface area contributed by atoms with E-state index in [0.29, 0.717) is 17.4 Å². The van der Waals surface area contributed by atoms with E-state index >= 15 is 0 Å². The number of allylic oxidation sites excluding steroid dienone is 12. The molecule has 9 nitrogen and oxygen atoms in total. The highest BCUT2D eigenvalue weighted by atomic mass is 16.7. The number of aliphatic carboxylic acids is 1. The maximum Gasteiger partial charge on any atom is 0.361 e. The van der Waals surface area contributed by atoms with E-state index in [4.69, 9.17) is 18.9 Å². The smallest absolute Gasteiger partial charge is 0.361 e. The number of quaternary nitrogens is 1. The highest BCUT2D eigenvalue weighted by Gasteiger charge is 2.25. The van der Waals surface area contributed by atoms with E-state index in [0.717, 1.165) is 70.6 Å². The molecule has 1 N–H and O–H groups in total. The minimum absolute atomic E-state index is 0.181. The zero-order chi connectivity index (χ0) is 63.3. The van der Waals surface area contributed by atoms with Gasteiger partial charge in [-0.2, -0.15) is 0 Å². The summed E-state index contributed by atoms with van der Waals surface area (Å²) < 4.78 is 23.0. The molecular weight excluding hydrogens is 1080 g/mol. The van der Waals surface area contributed by atoms with E-state index in [1.807, 2.05) is 21.1 Å². The molecule has 2 unspecified atom stereocenters. The van der Waals surface area contributed by atoms with Crippen LogP contribution in [-0.4, -0.2) is 87.4 Å². The zero-order valence-corrected chi connectivity index (χ0v) is 57.9. The quantitative estimate of drug-likeness (QED) is 0.0211. The molecule has 0 aromatic carbocycles. The monoisotopic (exact) mass is 1220 g/mol. The van der Waals surface area contributed by atoms with E-state index in [-0.39, 0.29) is 38.2 Å². The summed E-state index contributed by atoms with van der Waals surface area (Å²) in [6.45, 7) is 4.80. The number of likely N-dealkylation sites (N-methyl/N-ethyl adjacent to an activating group) is 1. The number of esters is 2. The Bertz CT molecular complexity index is 1660. The van der Waals surface area contributed by atoms with Gasteiger partial charge in [0.2, 0.25) is 0 Å². The second-order valence-electron chi connectivity index (χ2n) is 26.2. The van der Waals surface area contributed by atoms with Gasteiger partial charge >= 0.3 is 17.9 Å². The summed E-state index contributed by atoms with van der Waals surface area (Å²) in [5.41, 5.74) is 0. The lowest BCUT2D eigenvalue weighted by Gasteiger charge is -2.25. The second-order valence-corrected chi connectivity index (χ2v) is 26.2. The van der Waals surface area contributed by atoms with Crippen LogP contribution in [0.2, 0.25) is 0 Å². The standard InChI is InChI=1S/C78H141NO8/c1-6-8-10-12-14-16-18-20-22-24-26-28-29-30-31-32-33-34-35-36-37-38-39-40-41-42-43-44-45-46-47-49-51-53-55-57-59-61-63-65-67-69-76(81)87-74(73-86-78(77(82)83)84-71-70-79(3,4)5)72-85-75(80)68-66-64-62-60-58-56-54-52-50-48-27-25-23-21-19-17-15-13-11-9-7-2/h8,10,14,16,19-22,25-28,74,78H,6-7,9,11-13,15,17-18,23-24,29-73H2,1-5H3/p+1/b10-8-,16-14-,21-19-,22-20-,27-25-,28-26-. The summed E-state index contributed by atoms with van der Waals surface area (Å²) in [7, 11) is 5.99. The van der Waals surface area contributed by atoms with E-state index in [1.54, 1.807) is 0 Å². The summed E-state index contributed by atoms with van der Waals surface area (Å²) in [5, 5.41) is 9.75. The minimum Gasteiger partial charge on any atom is -0.477 e. The van der Waals surface area contributed by atoms with Gasteiger partial charge in [-0.05, 0) is 83.5 Å². The van der Waals surface area contributed by atoms with Crippen molar-refractivity contribution in [3.63, 3.8) is 0 Å². The Morgan fingerprint density at radius 2 is 0.655 bits per heavy atom. The van der Waals surface area contributed by atoms with Crippen molar-refractivity contribution < 1.29 is 42.9 Å². The first-order chi connectivity index (χ1) is 42.6. The molecule has 506 valence electrons. The van der Waals surface area contributed by atoms with Gasteiger partial charge in [-0.1, -0.05) is 324 Å². The molecular formula is C78H142NO8+. The number of carbonyl (C=O) groups excluding carboxylic acids is 2. The highest BCUT2D eigenvalue weighted by Crippen LogP contribution is 2.19. The van der Waals surface area contributed by atoms with Crippen molar-refractivity contribution in [2.75, 3.05) is 47.5 Å². The number of rotatable bonds is 69. The maximum absolute atomic E-state index is 13.0. The molecule has 0 aliphatic heterocycles. The van der Waals surface area contributed by atoms with Gasteiger partial charge in [0.25, 0.3) is 6.29 Å². The molecule has 0 radical (unpaired) electrons. The molecule has 0 amide bonds. The predicted molar refractivity (Wildman–Crippen MR) is 373 cm³/mol. The van der Waals surface area contributed by atoms with Crippen LogP contribution >= 0.6 is 0 Å². The van der Waals surface area contributed by atoms with Gasteiger partial charge in [-0.25, -0.2) is 4.79 Å². The van der Waals surface area contributed by atoms with E-state index in [9.17, 15) is 19.5 Å². The fourth-order valence-electron chi connectivity index (χ4n) is 10.8. The molecule has 0 aromatic rings. The Morgan fingerprint density at radius 1 is 0.356 bits per heavy atom. The second kappa shape index (κ2) is 68.6. The van der Waals surface area contributed by atoms with Crippen molar-refractivity contribution in [3.05, 3.63) is 72.9 Å². The first-order valence-electron chi connectivity index (χ1n) is 37.1. The number of unbranched alkanes of at least 4 members (excludes halogenated alkanes) is 42. The summed E-state index contributed by atoms with van der Waals surface area (Å²) in [5.74, 6) is -1.99. The van der Waals surface area contributed by atoms with Crippen LogP contribution in [0.1, 0.15) is 348 Å². The van der Waals surface area contributed by atoms with Crippen molar-refractivity contribution in [2.24, 2.45) is 0 Å². The number of hydrogen-bond acceptors (Lipinski definition) is 7. The highest BCUT2D eigenvalue weighted by molar-refractivity contribution is 5.71. The molecule has 0 fully saturated rings. The molecule has 0 rings (SSSR count). The van der Waals surface area contributed by atoms with Gasteiger partial charge in [0.05, 0.1) is 34.4 Å². The van der Waals surface area contributed by atoms with Gasteiger partial charge in [-0.3, -0.25) is 9.59 Å². The van der Waals surface area contributed by atoms with E-state index < -0.39 is 18.4 Å². The average molecular weight is 1220 g/mol. The predicted octanol–water partition coefficient (Wildman–Crippen LogP) is 23.3. The van der Waals surface area contributed by atoms with E-state index in [2.05, 4.69) is 86.8 Å². The lowest BCUT2D eigenvalue weighted by atomic mass is 10.0. The van der Waals surface area contributed by atoms with Crippen LogP contribution in [0.3, 0.4) is 0 Å². The third-order valence-corrected chi connectivity index (χ3v) is 16.4. The Hall–Kier alpha value is -3.27. The van der Waals surface area contributed by atoms with E-state index in [1.165, 1.54) is 250 Å². The number of carboxylic acids is 1. The summed E-state index contributed by atoms with van der Waals surface area (Å²) in [4.78, 5) is 37.6. The van der Waals surface area contributed by atoms with Crippen molar-refractivity contribution in [3.8, 4) is 0 Å². The average Bonchev–Trinajstić information content (AvgIpc) is 3.59. The molecule has 0 bridgehead atoms. The van der Waals surface area contributed by atoms with Gasteiger partial charge in [-0.15, -0.1) is 0 Å². The Labute approximate surface area is 538 Å². The summed E-state index contributed by atoms with van der Waals surface area (Å²) in [6, 6.07) is 0. The van der Waals surface area contributed by atoms with Crippen LogP contribution in [0.5, 0.6) is 0 Å². The number of hydrogen-bond donors (Lipinski definition) is 1. The minimum atomic E-state index is -1.51. The normalized spacial score (nSPS) is 13.1. The van der Waals surface area contributed by atoms with Gasteiger partial charge in [0.1, 0.15) is 13.2 Å². The molecule has 87 heavy (non-hydrogen) atoms. The van der Waals surface area contributed by atoms with Crippen LogP contribution in [0.15, 0.2) is 72.9 Å². The van der Waals surface area contributed by atoms with Crippen LogP contribution in [0.4, 0.5) is 0 Å². The van der Waals surface area contributed by atoms with Crippen molar-refractivity contribution in [1.82, 2.24) is 0 Å². The summed E-state index contributed by atoms with van der Waals surface area (Å²) >= 11 is 0. The Morgan fingerprint density at radius 3 is 0.977 bits per heavy atom. The topological polar surface area (TPSA) is 108 Å². The van der Waals surface area contributed by atoms with Crippen LogP contribution in [-0.2, 0) is 33.3 Å². The van der Waals surface area contributed by atoms with Crippen molar-refractivity contribution in [1.29, 1.82) is 0 Å². The van der Waals surface area contributed by atoms with Gasteiger partial charge in [0.15, 0.2) is 6.10 Å². The fourth-order valence-corrected chi connectivity index (χ4v) is 10.8. The number of carbonyl (C=O) groups is 3. The van der Waals surface area contributed by atoms with Gasteiger partial charge in [0, 0.05) is 12.8 Å². The molecule has 0 heterocycles. The molecule has 0 saturated heterocycles. The van der Waals surface area contributed by atoms with Crippen LogP contribution in [0.25, 0.3) is 0 Å². The molecule has 2 atom stereocenters. The lowest BCUT2D eigenvalue weighted by Crippen LogP contribution is -2.40. The molecule has 9 heteroatoms. The largest absolute Gasteiger partial charge is 0.477 e. The fraction of sp³-hybridized carbons (Fsp3) is 0.808. The lowest BCUT2D eigenvalue weighted by molar-refractivity contribution is -0.870. The zero-order valence-electron chi connectivity index (χ0n) is 57.9. The molecule has 0 saturated carbocycles.